The fraction of sp³-hybridized carbons (Fsp3) is 0.909. The van der Waals surface area contributed by atoms with E-state index < -0.39 is 0 Å². The van der Waals surface area contributed by atoms with Crippen molar-refractivity contribution in [1.29, 1.82) is 0 Å². The van der Waals surface area contributed by atoms with Crippen molar-refractivity contribution in [2.45, 2.75) is 52.1 Å². The highest BCUT2D eigenvalue weighted by Gasteiger charge is 2.24. The van der Waals surface area contributed by atoms with Gasteiger partial charge in [-0.1, -0.05) is 20.8 Å². The van der Waals surface area contributed by atoms with Crippen LogP contribution in [0.5, 0.6) is 0 Å². The zero-order chi connectivity index (χ0) is 10.6. The molecule has 0 aromatic heterocycles. The minimum absolute atomic E-state index is 0.0581. The maximum absolute atomic E-state index is 11.7. The lowest BCUT2D eigenvalue weighted by molar-refractivity contribution is -0.123. The van der Waals surface area contributed by atoms with E-state index in [2.05, 4.69) is 31.4 Å². The highest BCUT2D eigenvalue weighted by atomic mass is 16.2. The Bertz CT molecular complexity index is 186. The van der Waals surface area contributed by atoms with Crippen LogP contribution in [-0.4, -0.2) is 24.5 Å². The maximum atomic E-state index is 11.7. The highest BCUT2D eigenvalue weighted by Crippen LogP contribution is 2.09. The lowest BCUT2D eigenvalue weighted by Crippen LogP contribution is -2.46. The number of rotatable bonds is 4. The van der Waals surface area contributed by atoms with Gasteiger partial charge in [0.15, 0.2) is 0 Å². The zero-order valence-electron chi connectivity index (χ0n) is 9.47. The molecule has 3 heteroatoms. The SMILES string of the molecule is CCC(NC(=O)[C@H]1CCCN1)C(C)C. The van der Waals surface area contributed by atoms with E-state index in [1.165, 1.54) is 0 Å². The summed E-state index contributed by atoms with van der Waals surface area (Å²) < 4.78 is 0. The second-order valence-corrected chi connectivity index (χ2v) is 4.42. The van der Waals surface area contributed by atoms with Crippen LogP contribution in [-0.2, 0) is 4.79 Å². The number of hydrogen-bond acceptors (Lipinski definition) is 2. The molecule has 0 aliphatic carbocycles. The van der Waals surface area contributed by atoms with Crippen molar-refractivity contribution < 1.29 is 4.79 Å². The van der Waals surface area contributed by atoms with Crippen molar-refractivity contribution in [3.8, 4) is 0 Å². The molecule has 1 heterocycles. The van der Waals surface area contributed by atoms with Crippen molar-refractivity contribution >= 4 is 5.91 Å². The average Bonchev–Trinajstić information content (AvgIpc) is 2.65. The molecule has 0 radical (unpaired) electrons. The topological polar surface area (TPSA) is 41.1 Å². The largest absolute Gasteiger partial charge is 0.352 e. The Morgan fingerprint density at radius 1 is 1.57 bits per heavy atom. The van der Waals surface area contributed by atoms with Gasteiger partial charge in [-0.2, -0.15) is 0 Å². The Morgan fingerprint density at radius 3 is 2.71 bits per heavy atom. The Morgan fingerprint density at radius 2 is 2.29 bits per heavy atom. The van der Waals surface area contributed by atoms with Gasteiger partial charge in [0.05, 0.1) is 6.04 Å². The summed E-state index contributed by atoms with van der Waals surface area (Å²) in [5, 5.41) is 6.32. The minimum Gasteiger partial charge on any atom is -0.352 e. The maximum Gasteiger partial charge on any atom is 0.237 e. The molecule has 2 N–H and O–H groups in total. The van der Waals surface area contributed by atoms with E-state index >= 15 is 0 Å². The zero-order valence-corrected chi connectivity index (χ0v) is 9.47. The van der Waals surface area contributed by atoms with Gasteiger partial charge in [0, 0.05) is 6.04 Å². The molecule has 0 spiro atoms. The van der Waals surface area contributed by atoms with Crippen LogP contribution in [0.3, 0.4) is 0 Å². The van der Waals surface area contributed by atoms with E-state index in [-0.39, 0.29) is 11.9 Å². The summed E-state index contributed by atoms with van der Waals surface area (Å²) in [4.78, 5) is 11.7. The molecule has 1 fully saturated rings. The third-order valence-corrected chi connectivity index (χ3v) is 2.95. The molecule has 1 unspecified atom stereocenters. The van der Waals surface area contributed by atoms with Crippen LogP contribution in [0.4, 0.5) is 0 Å². The van der Waals surface area contributed by atoms with E-state index in [1.54, 1.807) is 0 Å². The molecule has 3 nitrogen and oxygen atoms in total. The van der Waals surface area contributed by atoms with E-state index in [1.807, 2.05) is 0 Å². The first-order valence-electron chi connectivity index (χ1n) is 5.69. The van der Waals surface area contributed by atoms with Crippen LogP contribution >= 0.6 is 0 Å². The van der Waals surface area contributed by atoms with Crippen LogP contribution in [0.1, 0.15) is 40.0 Å². The van der Waals surface area contributed by atoms with Gasteiger partial charge < -0.3 is 10.6 Å². The highest BCUT2D eigenvalue weighted by molar-refractivity contribution is 5.82. The monoisotopic (exact) mass is 198 g/mol. The summed E-state index contributed by atoms with van der Waals surface area (Å²) in [6.07, 6.45) is 3.12. The first-order valence-corrected chi connectivity index (χ1v) is 5.69. The normalized spacial score (nSPS) is 23.9. The number of carbonyl (C=O) groups excluding carboxylic acids is 1. The lowest BCUT2D eigenvalue weighted by atomic mass is 10.0. The standard InChI is InChI=1S/C11H22N2O/c1-4-9(8(2)3)13-11(14)10-6-5-7-12-10/h8-10,12H,4-7H2,1-3H3,(H,13,14)/t9?,10-/m1/s1. The van der Waals surface area contributed by atoms with Crippen LogP contribution in [0.25, 0.3) is 0 Å². The summed E-state index contributed by atoms with van der Waals surface area (Å²) in [6, 6.07) is 0.382. The number of carbonyl (C=O) groups is 1. The molecule has 0 saturated carbocycles. The van der Waals surface area contributed by atoms with Crippen molar-refractivity contribution in [1.82, 2.24) is 10.6 Å². The van der Waals surface area contributed by atoms with Gasteiger partial charge in [-0.15, -0.1) is 0 Å². The fourth-order valence-corrected chi connectivity index (χ4v) is 1.93. The second-order valence-electron chi connectivity index (χ2n) is 4.42. The van der Waals surface area contributed by atoms with Crippen molar-refractivity contribution in [2.24, 2.45) is 5.92 Å². The molecule has 1 saturated heterocycles. The fourth-order valence-electron chi connectivity index (χ4n) is 1.93. The van der Waals surface area contributed by atoms with Gasteiger partial charge >= 0.3 is 0 Å². The van der Waals surface area contributed by atoms with E-state index in [4.69, 9.17) is 0 Å². The van der Waals surface area contributed by atoms with Gasteiger partial charge in [0.1, 0.15) is 0 Å². The van der Waals surface area contributed by atoms with Crippen molar-refractivity contribution in [3.05, 3.63) is 0 Å². The van der Waals surface area contributed by atoms with Crippen molar-refractivity contribution in [3.63, 3.8) is 0 Å². The molecule has 1 rings (SSSR count). The molecule has 0 bridgehead atoms. The second kappa shape index (κ2) is 5.35. The van der Waals surface area contributed by atoms with Crippen LogP contribution in [0, 0.1) is 5.92 Å². The Hall–Kier alpha value is -0.570. The Kier molecular flexibility index (Phi) is 4.39. The lowest BCUT2D eigenvalue weighted by Gasteiger charge is -2.22. The number of hydrogen-bond donors (Lipinski definition) is 2. The molecule has 1 amide bonds. The molecule has 82 valence electrons. The van der Waals surface area contributed by atoms with E-state index in [0.29, 0.717) is 12.0 Å². The van der Waals surface area contributed by atoms with Gasteiger partial charge in [-0.05, 0) is 31.7 Å². The van der Waals surface area contributed by atoms with Crippen LogP contribution in [0.15, 0.2) is 0 Å². The number of nitrogens with one attached hydrogen (secondary N) is 2. The average molecular weight is 198 g/mol. The van der Waals surface area contributed by atoms with Crippen LogP contribution in [0.2, 0.25) is 0 Å². The summed E-state index contributed by atoms with van der Waals surface area (Å²) in [7, 11) is 0. The van der Waals surface area contributed by atoms with Crippen LogP contribution < -0.4 is 10.6 Å². The molecule has 1 aliphatic heterocycles. The quantitative estimate of drug-likeness (QED) is 0.714. The molecule has 14 heavy (non-hydrogen) atoms. The first kappa shape index (κ1) is 11.5. The van der Waals surface area contributed by atoms with E-state index in [0.717, 1.165) is 25.8 Å². The molecule has 0 aromatic carbocycles. The summed E-state index contributed by atoms with van der Waals surface area (Å²) in [5.41, 5.74) is 0. The molecule has 0 aromatic rings. The summed E-state index contributed by atoms with van der Waals surface area (Å²) in [6.45, 7) is 7.40. The first-order chi connectivity index (χ1) is 6.65. The predicted molar refractivity (Wildman–Crippen MR) is 58.1 cm³/mol. The summed E-state index contributed by atoms with van der Waals surface area (Å²) in [5.74, 6) is 0.702. The summed E-state index contributed by atoms with van der Waals surface area (Å²) >= 11 is 0. The Labute approximate surface area is 86.6 Å². The molecule has 1 aliphatic rings. The third kappa shape index (κ3) is 2.98. The molecular formula is C11H22N2O. The minimum atomic E-state index is 0.0581. The van der Waals surface area contributed by atoms with Gasteiger partial charge in [0.2, 0.25) is 5.91 Å². The Balaban J connectivity index is 2.37. The van der Waals surface area contributed by atoms with Gasteiger partial charge in [-0.3, -0.25) is 4.79 Å². The third-order valence-electron chi connectivity index (χ3n) is 2.95. The van der Waals surface area contributed by atoms with Gasteiger partial charge in [-0.25, -0.2) is 0 Å². The smallest absolute Gasteiger partial charge is 0.237 e. The van der Waals surface area contributed by atoms with E-state index in [9.17, 15) is 4.79 Å². The van der Waals surface area contributed by atoms with Crippen molar-refractivity contribution in [2.75, 3.05) is 6.54 Å². The number of amides is 1. The molecular weight excluding hydrogens is 176 g/mol. The predicted octanol–water partition coefficient (Wildman–Crippen LogP) is 1.29. The van der Waals surface area contributed by atoms with Gasteiger partial charge in [0.25, 0.3) is 0 Å². The molecule has 2 atom stereocenters.